The summed E-state index contributed by atoms with van der Waals surface area (Å²) in [7, 11) is -2.95. The first-order valence-electron chi connectivity index (χ1n) is 8.52. The Balaban J connectivity index is 1.68. The molecule has 1 amide bonds. The van der Waals surface area contributed by atoms with Crippen molar-refractivity contribution in [3.05, 3.63) is 51.8 Å². The van der Waals surface area contributed by atoms with E-state index in [4.69, 9.17) is 11.6 Å². The van der Waals surface area contributed by atoms with Gasteiger partial charge in [0.15, 0.2) is 9.84 Å². The van der Waals surface area contributed by atoms with Gasteiger partial charge in [0.05, 0.1) is 29.3 Å². The van der Waals surface area contributed by atoms with Crippen molar-refractivity contribution in [1.29, 1.82) is 0 Å². The maximum Gasteiger partial charge on any atom is 0.256 e. The first kappa shape index (κ1) is 18.9. The van der Waals surface area contributed by atoms with E-state index in [0.717, 1.165) is 5.56 Å². The van der Waals surface area contributed by atoms with Crippen LogP contribution in [0.15, 0.2) is 24.3 Å². The first-order valence-corrected chi connectivity index (χ1v) is 10.7. The predicted octanol–water partition coefficient (Wildman–Crippen LogP) is 2.37. The van der Waals surface area contributed by atoms with Gasteiger partial charge in [0.25, 0.3) is 5.91 Å². The maximum absolute atomic E-state index is 12.5. The third kappa shape index (κ3) is 4.27. The number of sulfone groups is 1. The summed E-state index contributed by atoms with van der Waals surface area (Å²) in [5.74, 6) is -0.0216. The summed E-state index contributed by atoms with van der Waals surface area (Å²) < 4.78 is 24.6. The van der Waals surface area contributed by atoms with E-state index in [-0.39, 0.29) is 23.3 Å². The first-order chi connectivity index (χ1) is 12.2. The molecule has 1 fully saturated rings. The van der Waals surface area contributed by atoms with Gasteiger partial charge in [0, 0.05) is 6.54 Å². The number of aromatic nitrogens is 2. The van der Waals surface area contributed by atoms with Crippen LogP contribution >= 0.6 is 11.6 Å². The Labute approximate surface area is 158 Å². The number of carbonyl (C=O) groups excluding carboxylic acids is 1. The number of benzene rings is 1. The number of nitrogens with one attached hydrogen (secondary N) is 1. The van der Waals surface area contributed by atoms with Crippen LogP contribution < -0.4 is 5.32 Å². The fraction of sp³-hybridized carbons (Fsp3) is 0.444. The Morgan fingerprint density at radius 2 is 2.00 bits per heavy atom. The second-order valence-corrected chi connectivity index (χ2v) is 9.46. The lowest BCUT2D eigenvalue weighted by Crippen LogP contribution is -2.30. The van der Waals surface area contributed by atoms with Crippen molar-refractivity contribution < 1.29 is 13.2 Å². The van der Waals surface area contributed by atoms with Gasteiger partial charge >= 0.3 is 0 Å². The van der Waals surface area contributed by atoms with E-state index < -0.39 is 9.84 Å². The topological polar surface area (TPSA) is 81.1 Å². The Bertz CT molecular complexity index is 920. The second kappa shape index (κ2) is 7.40. The van der Waals surface area contributed by atoms with Gasteiger partial charge < -0.3 is 5.32 Å². The summed E-state index contributed by atoms with van der Waals surface area (Å²) in [5.41, 5.74) is 3.12. The van der Waals surface area contributed by atoms with Gasteiger partial charge in [-0.3, -0.25) is 4.79 Å². The van der Waals surface area contributed by atoms with Crippen molar-refractivity contribution in [2.24, 2.45) is 5.92 Å². The zero-order valence-corrected chi connectivity index (χ0v) is 16.4. The van der Waals surface area contributed by atoms with Crippen LogP contribution in [0.2, 0.25) is 5.15 Å². The second-order valence-electron chi connectivity index (χ2n) is 6.87. The average molecular weight is 396 g/mol. The molecule has 0 radical (unpaired) electrons. The normalized spacial score (nSPS) is 18.8. The molecule has 0 saturated carbocycles. The molecule has 0 aliphatic carbocycles. The number of halogens is 1. The van der Waals surface area contributed by atoms with Crippen LogP contribution in [0.25, 0.3) is 0 Å². The lowest BCUT2D eigenvalue weighted by atomic mass is 10.1. The van der Waals surface area contributed by atoms with Crippen LogP contribution in [0.1, 0.15) is 33.6 Å². The van der Waals surface area contributed by atoms with Crippen LogP contribution in [0.5, 0.6) is 0 Å². The molecule has 140 valence electrons. The van der Waals surface area contributed by atoms with Crippen LogP contribution in [0.4, 0.5) is 0 Å². The highest BCUT2D eigenvalue weighted by Gasteiger charge is 2.29. The molecular weight excluding hydrogens is 374 g/mol. The van der Waals surface area contributed by atoms with Crippen molar-refractivity contribution in [2.75, 3.05) is 18.1 Å². The van der Waals surface area contributed by atoms with Gasteiger partial charge in [-0.25, -0.2) is 13.1 Å². The Hall–Kier alpha value is -1.86. The maximum atomic E-state index is 12.5. The van der Waals surface area contributed by atoms with Gasteiger partial charge in [0.2, 0.25) is 0 Å². The zero-order chi connectivity index (χ0) is 18.9. The molecule has 1 N–H and O–H groups in total. The molecule has 26 heavy (non-hydrogen) atoms. The van der Waals surface area contributed by atoms with E-state index in [1.54, 1.807) is 11.6 Å². The summed E-state index contributed by atoms with van der Waals surface area (Å²) in [6.45, 7) is 4.57. The van der Waals surface area contributed by atoms with Crippen molar-refractivity contribution in [3.8, 4) is 0 Å². The summed E-state index contributed by atoms with van der Waals surface area (Å²) in [4.78, 5) is 12.5. The molecule has 2 heterocycles. The molecule has 1 aliphatic rings. The van der Waals surface area contributed by atoms with Crippen molar-refractivity contribution in [1.82, 2.24) is 15.1 Å². The minimum Gasteiger partial charge on any atom is -0.352 e. The van der Waals surface area contributed by atoms with E-state index in [0.29, 0.717) is 35.9 Å². The number of rotatable bonds is 5. The largest absolute Gasteiger partial charge is 0.352 e. The Morgan fingerprint density at radius 3 is 2.62 bits per heavy atom. The third-order valence-corrected chi connectivity index (χ3v) is 6.84. The molecule has 1 unspecified atom stereocenters. The summed E-state index contributed by atoms with van der Waals surface area (Å²) in [6, 6.07) is 8.04. The number of nitrogens with zero attached hydrogens (tertiary/aromatic N) is 2. The molecule has 1 aromatic carbocycles. The quantitative estimate of drug-likeness (QED) is 0.842. The van der Waals surface area contributed by atoms with Gasteiger partial charge in [-0.05, 0) is 31.7 Å². The highest BCUT2D eigenvalue weighted by molar-refractivity contribution is 7.91. The fourth-order valence-corrected chi connectivity index (χ4v) is 5.32. The van der Waals surface area contributed by atoms with Crippen LogP contribution in [0, 0.1) is 19.8 Å². The fourth-order valence-electron chi connectivity index (χ4n) is 3.14. The number of carbonyl (C=O) groups is 1. The predicted molar refractivity (Wildman–Crippen MR) is 101 cm³/mol. The van der Waals surface area contributed by atoms with Gasteiger partial charge in [-0.15, -0.1) is 0 Å². The van der Waals surface area contributed by atoms with Crippen molar-refractivity contribution in [2.45, 2.75) is 26.8 Å². The van der Waals surface area contributed by atoms with E-state index in [9.17, 15) is 13.2 Å². The Morgan fingerprint density at radius 1 is 1.31 bits per heavy atom. The SMILES string of the molecule is Cc1ccc(Cn2nc(C)c(C(=O)NCC3CCS(=O)(=O)C3)c2Cl)cc1. The molecule has 1 atom stereocenters. The number of aryl methyl sites for hydroxylation is 2. The summed E-state index contributed by atoms with van der Waals surface area (Å²) in [6.07, 6.45) is 0.585. The van der Waals surface area contributed by atoms with Gasteiger partial charge in [-0.2, -0.15) is 5.10 Å². The molecule has 6 nitrogen and oxygen atoms in total. The van der Waals surface area contributed by atoms with Gasteiger partial charge in [0.1, 0.15) is 5.15 Å². The number of amides is 1. The molecule has 2 aromatic rings. The average Bonchev–Trinajstić information content (AvgIpc) is 3.06. The highest BCUT2D eigenvalue weighted by Crippen LogP contribution is 2.22. The monoisotopic (exact) mass is 395 g/mol. The van der Waals surface area contributed by atoms with Crippen LogP contribution in [-0.2, 0) is 16.4 Å². The highest BCUT2D eigenvalue weighted by atomic mass is 35.5. The lowest BCUT2D eigenvalue weighted by molar-refractivity contribution is 0.0948. The van der Waals surface area contributed by atoms with E-state index in [1.165, 1.54) is 5.56 Å². The molecule has 3 rings (SSSR count). The minimum atomic E-state index is -2.95. The van der Waals surface area contributed by atoms with E-state index in [1.807, 2.05) is 31.2 Å². The molecular formula is C18H22ClN3O3S. The molecule has 1 aliphatic heterocycles. The molecule has 1 saturated heterocycles. The molecule has 0 spiro atoms. The summed E-state index contributed by atoms with van der Waals surface area (Å²) in [5, 5.41) is 7.47. The summed E-state index contributed by atoms with van der Waals surface area (Å²) >= 11 is 6.39. The lowest BCUT2D eigenvalue weighted by Gasteiger charge is -2.09. The molecule has 1 aromatic heterocycles. The van der Waals surface area contributed by atoms with Crippen molar-refractivity contribution in [3.63, 3.8) is 0 Å². The molecule has 0 bridgehead atoms. The van der Waals surface area contributed by atoms with Crippen LogP contribution in [0.3, 0.4) is 0 Å². The number of hydrogen-bond acceptors (Lipinski definition) is 4. The van der Waals surface area contributed by atoms with E-state index in [2.05, 4.69) is 10.4 Å². The van der Waals surface area contributed by atoms with Crippen molar-refractivity contribution >= 4 is 27.3 Å². The van der Waals surface area contributed by atoms with Gasteiger partial charge in [-0.1, -0.05) is 41.4 Å². The zero-order valence-electron chi connectivity index (χ0n) is 14.8. The number of hydrogen-bond donors (Lipinski definition) is 1. The smallest absolute Gasteiger partial charge is 0.256 e. The minimum absolute atomic E-state index is 0.0364. The molecule has 8 heteroatoms. The third-order valence-electron chi connectivity index (χ3n) is 4.62. The van der Waals surface area contributed by atoms with E-state index >= 15 is 0 Å². The Kier molecular flexibility index (Phi) is 5.39. The standard InChI is InChI=1S/C18H22ClN3O3S/c1-12-3-5-14(6-4-12)10-22-17(19)16(13(2)21-22)18(23)20-9-15-7-8-26(24,25)11-15/h3-6,15H,7-11H2,1-2H3,(H,20,23). The van der Waals surface area contributed by atoms with Crippen LogP contribution in [-0.4, -0.2) is 42.2 Å².